The summed E-state index contributed by atoms with van der Waals surface area (Å²) >= 11 is 1.59. The lowest BCUT2D eigenvalue weighted by molar-refractivity contribution is 0.0986. The zero-order valence-corrected chi connectivity index (χ0v) is 18.3. The van der Waals surface area contributed by atoms with E-state index in [1.54, 1.807) is 11.3 Å². The van der Waals surface area contributed by atoms with Crippen molar-refractivity contribution in [3.8, 4) is 0 Å². The minimum absolute atomic E-state index is 0.0324. The van der Waals surface area contributed by atoms with Crippen LogP contribution >= 0.6 is 11.3 Å². The van der Waals surface area contributed by atoms with Crippen molar-refractivity contribution in [2.24, 2.45) is 0 Å². The van der Waals surface area contributed by atoms with Gasteiger partial charge in [-0.15, -0.1) is 0 Å². The summed E-state index contributed by atoms with van der Waals surface area (Å²) in [6, 6.07) is 28.2. The summed E-state index contributed by atoms with van der Waals surface area (Å²) in [6.07, 6.45) is 0. The van der Waals surface area contributed by atoms with Crippen molar-refractivity contribution < 1.29 is 4.79 Å². The number of fused-ring (bicyclic) bond motifs is 2. The lowest BCUT2D eigenvalue weighted by Crippen LogP contribution is -2.30. The molecule has 0 atom stereocenters. The van der Waals surface area contributed by atoms with E-state index in [2.05, 4.69) is 26.0 Å². The predicted molar refractivity (Wildman–Crippen MR) is 130 cm³/mol. The monoisotopic (exact) mass is 422 g/mol. The molecule has 5 rings (SSSR count). The van der Waals surface area contributed by atoms with Crippen LogP contribution in [0.2, 0.25) is 0 Å². The number of aryl methyl sites for hydroxylation is 2. The molecule has 0 aliphatic rings. The molecule has 1 aromatic heterocycles. The number of anilines is 1. The molecule has 4 aromatic carbocycles. The third kappa shape index (κ3) is 3.60. The summed E-state index contributed by atoms with van der Waals surface area (Å²) in [7, 11) is 0. The van der Waals surface area contributed by atoms with Crippen molar-refractivity contribution >= 4 is 43.4 Å². The van der Waals surface area contributed by atoms with Crippen LogP contribution in [-0.2, 0) is 6.54 Å². The Kier molecular flexibility index (Phi) is 5.00. The van der Waals surface area contributed by atoms with Crippen LogP contribution in [0.5, 0.6) is 0 Å². The topological polar surface area (TPSA) is 33.2 Å². The second kappa shape index (κ2) is 7.97. The largest absolute Gasteiger partial charge is 0.279 e. The van der Waals surface area contributed by atoms with E-state index < -0.39 is 0 Å². The normalized spacial score (nSPS) is 11.2. The highest BCUT2D eigenvalue weighted by Crippen LogP contribution is 2.35. The fourth-order valence-electron chi connectivity index (χ4n) is 3.91. The molecule has 0 fully saturated rings. The molecule has 31 heavy (non-hydrogen) atoms. The molecular formula is C27H22N2OS. The van der Waals surface area contributed by atoms with Crippen molar-refractivity contribution in [1.82, 2.24) is 4.98 Å². The number of hydrogen-bond acceptors (Lipinski definition) is 3. The van der Waals surface area contributed by atoms with Crippen LogP contribution in [0.3, 0.4) is 0 Å². The van der Waals surface area contributed by atoms with Crippen LogP contribution in [0.15, 0.2) is 84.9 Å². The van der Waals surface area contributed by atoms with E-state index in [1.165, 1.54) is 5.56 Å². The van der Waals surface area contributed by atoms with Gasteiger partial charge in [0.15, 0.2) is 5.13 Å². The summed E-state index contributed by atoms with van der Waals surface area (Å²) in [4.78, 5) is 20.6. The van der Waals surface area contributed by atoms with Gasteiger partial charge in [-0.3, -0.25) is 9.69 Å². The molecule has 0 saturated carbocycles. The van der Waals surface area contributed by atoms with Crippen LogP contribution in [0.4, 0.5) is 5.13 Å². The van der Waals surface area contributed by atoms with Crippen molar-refractivity contribution in [2.75, 3.05) is 4.90 Å². The lowest BCUT2D eigenvalue weighted by atomic mass is 10.0. The van der Waals surface area contributed by atoms with Gasteiger partial charge in [0, 0.05) is 5.56 Å². The maximum absolute atomic E-state index is 13.9. The van der Waals surface area contributed by atoms with Gasteiger partial charge >= 0.3 is 0 Å². The number of nitrogens with zero attached hydrogens (tertiary/aromatic N) is 2. The Morgan fingerprint density at radius 3 is 2.35 bits per heavy atom. The molecule has 1 amide bonds. The van der Waals surface area contributed by atoms with Crippen LogP contribution in [-0.4, -0.2) is 10.9 Å². The second-order valence-electron chi connectivity index (χ2n) is 7.78. The molecule has 5 aromatic rings. The van der Waals surface area contributed by atoms with Crippen LogP contribution in [0.25, 0.3) is 21.0 Å². The summed E-state index contributed by atoms with van der Waals surface area (Å²) < 4.78 is 1.14. The van der Waals surface area contributed by atoms with Crippen molar-refractivity contribution in [1.29, 1.82) is 0 Å². The van der Waals surface area contributed by atoms with E-state index in [0.29, 0.717) is 12.1 Å². The third-order valence-electron chi connectivity index (χ3n) is 5.61. The van der Waals surface area contributed by atoms with Gasteiger partial charge in [-0.1, -0.05) is 90.2 Å². The van der Waals surface area contributed by atoms with Crippen LogP contribution in [0.1, 0.15) is 27.0 Å². The Morgan fingerprint density at radius 1 is 0.839 bits per heavy atom. The van der Waals surface area contributed by atoms with E-state index >= 15 is 0 Å². The number of benzene rings is 4. The molecule has 0 saturated heterocycles. The second-order valence-corrected chi connectivity index (χ2v) is 8.75. The van der Waals surface area contributed by atoms with Gasteiger partial charge in [-0.05, 0) is 47.4 Å². The first-order valence-electron chi connectivity index (χ1n) is 10.3. The zero-order valence-electron chi connectivity index (χ0n) is 17.5. The number of hydrogen-bond donors (Lipinski definition) is 0. The van der Waals surface area contributed by atoms with E-state index in [4.69, 9.17) is 4.98 Å². The maximum atomic E-state index is 13.9. The predicted octanol–water partition coefficient (Wildman–Crippen LogP) is 6.91. The molecule has 3 nitrogen and oxygen atoms in total. The number of rotatable bonds is 4. The fraction of sp³-hybridized carbons (Fsp3) is 0.111. The molecule has 0 spiro atoms. The van der Waals surface area contributed by atoms with Crippen molar-refractivity contribution in [2.45, 2.75) is 20.4 Å². The van der Waals surface area contributed by atoms with E-state index in [0.717, 1.165) is 37.2 Å². The highest BCUT2D eigenvalue weighted by atomic mass is 32.1. The summed E-state index contributed by atoms with van der Waals surface area (Å²) in [5.41, 5.74) is 5.05. The average molecular weight is 423 g/mol. The molecule has 152 valence electrons. The molecule has 0 aliphatic carbocycles. The summed E-state index contributed by atoms with van der Waals surface area (Å²) in [6.45, 7) is 4.64. The highest BCUT2D eigenvalue weighted by molar-refractivity contribution is 7.22. The standard InChI is InChI=1S/C27H22N2OS/c1-18-15-16-19(2)25-24(18)28-27(31-25)29(17-20-9-4-3-5-10-20)26(30)23-14-8-12-21-11-6-7-13-22(21)23/h3-16H,17H2,1-2H3. The zero-order chi connectivity index (χ0) is 21.4. The van der Waals surface area contributed by atoms with E-state index in [-0.39, 0.29) is 5.91 Å². The van der Waals surface area contributed by atoms with Gasteiger partial charge in [-0.25, -0.2) is 4.98 Å². The van der Waals surface area contributed by atoms with Gasteiger partial charge < -0.3 is 0 Å². The molecule has 0 unspecified atom stereocenters. The quantitative estimate of drug-likeness (QED) is 0.315. The molecule has 1 heterocycles. The van der Waals surface area contributed by atoms with Gasteiger partial charge in [-0.2, -0.15) is 0 Å². The lowest BCUT2D eigenvalue weighted by Gasteiger charge is -2.21. The van der Waals surface area contributed by atoms with Crippen molar-refractivity contribution in [3.63, 3.8) is 0 Å². The highest BCUT2D eigenvalue weighted by Gasteiger charge is 2.24. The molecule has 0 radical (unpaired) electrons. The Labute approximate surface area is 185 Å². The maximum Gasteiger partial charge on any atom is 0.261 e. The molecular weight excluding hydrogens is 400 g/mol. The number of carbonyl (C=O) groups excluding carboxylic acids is 1. The first-order valence-corrected chi connectivity index (χ1v) is 11.1. The Hall–Kier alpha value is -3.50. The minimum Gasteiger partial charge on any atom is -0.279 e. The molecule has 4 heteroatoms. The Morgan fingerprint density at radius 2 is 1.55 bits per heavy atom. The first-order chi connectivity index (χ1) is 15.1. The Balaban J connectivity index is 1.67. The average Bonchev–Trinajstić information content (AvgIpc) is 3.26. The first kappa shape index (κ1) is 19.5. The van der Waals surface area contributed by atoms with E-state index in [1.807, 2.05) is 77.7 Å². The number of carbonyl (C=O) groups is 1. The van der Waals surface area contributed by atoms with Crippen LogP contribution < -0.4 is 4.90 Å². The minimum atomic E-state index is -0.0324. The van der Waals surface area contributed by atoms with Crippen LogP contribution in [0, 0.1) is 13.8 Å². The van der Waals surface area contributed by atoms with Gasteiger partial charge in [0.1, 0.15) is 0 Å². The van der Waals surface area contributed by atoms with Crippen molar-refractivity contribution in [3.05, 3.63) is 107 Å². The summed E-state index contributed by atoms with van der Waals surface area (Å²) in [5.74, 6) is -0.0324. The van der Waals surface area contributed by atoms with E-state index in [9.17, 15) is 4.79 Å². The molecule has 0 aliphatic heterocycles. The summed E-state index contributed by atoms with van der Waals surface area (Å²) in [5, 5.41) is 2.75. The van der Waals surface area contributed by atoms with Gasteiger partial charge in [0.25, 0.3) is 5.91 Å². The fourth-order valence-corrected chi connectivity index (χ4v) is 5.02. The number of aromatic nitrogens is 1. The smallest absolute Gasteiger partial charge is 0.261 e. The van der Waals surface area contributed by atoms with Gasteiger partial charge in [0.05, 0.1) is 16.8 Å². The Bertz CT molecular complexity index is 1360. The third-order valence-corrected chi connectivity index (χ3v) is 6.82. The van der Waals surface area contributed by atoms with Gasteiger partial charge in [0.2, 0.25) is 0 Å². The molecule has 0 N–H and O–H groups in total. The SMILES string of the molecule is Cc1ccc(C)c2sc(N(Cc3ccccc3)C(=O)c3cccc4ccccc34)nc12. The number of amides is 1. The number of thiazole rings is 1. The molecule has 0 bridgehead atoms.